The van der Waals surface area contributed by atoms with Gasteiger partial charge in [0.1, 0.15) is 0 Å². The highest BCUT2D eigenvalue weighted by Gasteiger charge is 2.30. The lowest BCUT2D eigenvalue weighted by Crippen LogP contribution is -2.19. The Morgan fingerprint density at radius 2 is 1.92 bits per heavy atom. The van der Waals surface area contributed by atoms with Gasteiger partial charge in [0.05, 0.1) is 0 Å². The quantitative estimate of drug-likeness (QED) is 0.734. The van der Waals surface area contributed by atoms with Crippen LogP contribution in [0, 0.1) is 0 Å². The van der Waals surface area contributed by atoms with Crippen LogP contribution in [-0.2, 0) is 8.58 Å². The van der Waals surface area contributed by atoms with Crippen molar-refractivity contribution in [3.63, 3.8) is 0 Å². The van der Waals surface area contributed by atoms with Gasteiger partial charge in [-0.1, -0.05) is 57.9 Å². The minimum atomic E-state index is -1.06. The monoisotopic (exact) mass is 246 g/mol. The lowest BCUT2D eigenvalue weighted by molar-refractivity contribution is -0.117. The number of benzene rings is 1. The van der Waals surface area contributed by atoms with Gasteiger partial charge in [0.25, 0.3) is 0 Å². The van der Waals surface area contributed by atoms with Crippen LogP contribution in [0.5, 0.6) is 0 Å². The van der Waals surface area contributed by atoms with Crippen molar-refractivity contribution in [1.82, 2.24) is 0 Å². The summed E-state index contributed by atoms with van der Waals surface area (Å²) in [5.74, 6) is -0.115. The van der Waals surface area contributed by atoms with E-state index in [1.807, 2.05) is 30.3 Å². The first-order chi connectivity index (χ1) is 5.55. The molecule has 1 unspecified atom stereocenters. The molecule has 64 valence electrons. The number of carbonyl (C=O) groups is 1. The van der Waals surface area contributed by atoms with E-state index < -0.39 is 3.78 Å². The summed E-state index contributed by atoms with van der Waals surface area (Å²) in [4.78, 5) is 11.1. The molecule has 1 aromatic carbocycles. The first kappa shape index (κ1) is 9.75. The van der Waals surface area contributed by atoms with Crippen molar-refractivity contribution < 1.29 is 4.79 Å². The first-order valence-electron chi connectivity index (χ1n) is 3.49. The number of hydrogen-bond acceptors (Lipinski definition) is 1. The molecule has 0 aliphatic heterocycles. The third-order valence-corrected chi connectivity index (χ3v) is 3.08. The van der Waals surface area contributed by atoms with Gasteiger partial charge in [-0.25, -0.2) is 0 Å². The van der Waals surface area contributed by atoms with Gasteiger partial charge in [0.2, 0.25) is 0 Å². The molecule has 1 aromatic rings. The van der Waals surface area contributed by atoms with Crippen LogP contribution in [-0.4, -0.2) is 5.78 Å². The van der Waals surface area contributed by atoms with Crippen molar-refractivity contribution in [3.05, 3.63) is 35.9 Å². The lowest BCUT2D eigenvalue weighted by atomic mass is 10.1. The van der Waals surface area contributed by atoms with Gasteiger partial charge in [-0.05, 0) is 12.5 Å². The topological polar surface area (TPSA) is 17.1 Å². The number of carbonyl (C=O) groups excluding carboxylic acids is 1. The third-order valence-electron chi connectivity index (χ3n) is 1.58. The summed E-state index contributed by atoms with van der Waals surface area (Å²) >= 11 is 9.13. The summed E-state index contributed by atoms with van der Waals surface area (Å²) < 4.78 is -1.06. The molecule has 0 fully saturated rings. The Morgan fingerprint density at radius 3 is 2.33 bits per heavy atom. The predicted molar refractivity (Wildman–Crippen MR) is 53.6 cm³/mol. The summed E-state index contributed by atoms with van der Waals surface area (Å²) in [5.41, 5.74) is 0.763. The number of Topliss-reactive ketones (excluding diaryl/α,β-unsaturated/α-hetero) is 1. The molecular weight excluding hydrogens is 239 g/mol. The summed E-state index contributed by atoms with van der Waals surface area (Å²) in [6.07, 6.45) is 0. The van der Waals surface area contributed by atoms with Crippen molar-refractivity contribution in [3.8, 4) is 0 Å². The average molecular weight is 248 g/mol. The highest BCUT2D eigenvalue weighted by Crippen LogP contribution is 2.36. The fourth-order valence-corrected chi connectivity index (χ4v) is 1.24. The minimum Gasteiger partial charge on any atom is -0.297 e. The normalized spacial score (nSPS) is 15.2. The van der Waals surface area contributed by atoms with Gasteiger partial charge < -0.3 is 0 Å². The molecule has 0 saturated heterocycles. The second-order valence-corrected chi connectivity index (χ2v) is 4.71. The molecule has 0 aromatic heterocycles. The van der Waals surface area contributed by atoms with E-state index >= 15 is 0 Å². The van der Waals surface area contributed by atoms with E-state index in [0.717, 1.165) is 5.56 Å². The van der Waals surface area contributed by atoms with Crippen LogP contribution in [0.2, 0.25) is 0 Å². The molecular formula is C9H8BrClO. The fourth-order valence-electron chi connectivity index (χ4n) is 0.851. The zero-order valence-corrected chi connectivity index (χ0v) is 8.89. The van der Waals surface area contributed by atoms with Gasteiger partial charge in [-0.2, -0.15) is 0 Å². The van der Waals surface area contributed by atoms with Crippen molar-refractivity contribution in [2.75, 3.05) is 0 Å². The van der Waals surface area contributed by atoms with Crippen molar-refractivity contribution in [2.45, 2.75) is 10.7 Å². The molecule has 1 rings (SSSR count). The number of ketones is 1. The smallest absolute Gasteiger partial charge is 0.181 e. The number of hydrogen-bond donors (Lipinski definition) is 0. The van der Waals surface area contributed by atoms with Gasteiger partial charge >= 0.3 is 0 Å². The second kappa shape index (κ2) is 3.58. The van der Waals surface area contributed by atoms with Crippen molar-refractivity contribution >= 4 is 33.3 Å². The molecule has 3 heteroatoms. The van der Waals surface area contributed by atoms with Crippen LogP contribution in [0.25, 0.3) is 0 Å². The Bertz CT molecular complexity index is 282. The first-order valence-corrected chi connectivity index (χ1v) is 4.66. The van der Waals surface area contributed by atoms with E-state index in [2.05, 4.69) is 15.9 Å². The molecule has 0 N–H and O–H groups in total. The average Bonchev–Trinajstić information content (AvgIpc) is 2.06. The molecule has 0 radical (unpaired) electrons. The Labute approximate surface area is 84.9 Å². The number of alkyl halides is 2. The Kier molecular flexibility index (Phi) is 2.91. The Balaban J connectivity index is 3.06. The molecule has 0 spiro atoms. The van der Waals surface area contributed by atoms with Crippen LogP contribution in [0.4, 0.5) is 0 Å². The lowest BCUT2D eigenvalue weighted by Gasteiger charge is -2.16. The van der Waals surface area contributed by atoms with Crippen LogP contribution in [0.1, 0.15) is 12.5 Å². The second-order valence-electron chi connectivity index (χ2n) is 2.50. The van der Waals surface area contributed by atoms with Crippen molar-refractivity contribution in [2.24, 2.45) is 0 Å². The maximum Gasteiger partial charge on any atom is 0.181 e. The SMILES string of the molecule is CC(=O)C(Cl)(Br)c1ccccc1. The van der Waals surface area contributed by atoms with Crippen LogP contribution >= 0.6 is 27.5 Å². The van der Waals surface area contributed by atoms with Gasteiger partial charge in [-0.15, -0.1) is 0 Å². The predicted octanol–water partition coefficient (Wildman–Crippen LogP) is 3.06. The number of rotatable bonds is 2. The van der Waals surface area contributed by atoms with Gasteiger partial charge in [-0.3, -0.25) is 4.79 Å². The molecule has 0 aliphatic carbocycles. The number of halogens is 2. The summed E-state index contributed by atoms with van der Waals surface area (Å²) in [6, 6.07) is 9.18. The van der Waals surface area contributed by atoms with E-state index in [-0.39, 0.29) is 5.78 Å². The van der Waals surface area contributed by atoms with E-state index in [4.69, 9.17) is 11.6 Å². The van der Waals surface area contributed by atoms with Gasteiger partial charge in [0, 0.05) is 0 Å². The maximum atomic E-state index is 11.1. The molecule has 0 amide bonds. The van der Waals surface area contributed by atoms with E-state index in [1.54, 1.807) is 0 Å². The largest absolute Gasteiger partial charge is 0.297 e. The Morgan fingerprint density at radius 1 is 1.42 bits per heavy atom. The van der Waals surface area contributed by atoms with E-state index in [9.17, 15) is 4.79 Å². The molecule has 12 heavy (non-hydrogen) atoms. The van der Waals surface area contributed by atoms with Crippen molar-refractivity contribution in [1.29, 1.82) is 0 Å². The molecule has 0 heterocycles. The highest BCUT2D eigenvalue weighted by atomic mass is 79.9. The molecule has 1 nitrogen and oxygen atoms in total. The molecule has 0 bridgehead atoms. The Hall–Kier alpha value is -0.340. The van der Waals surface area contributed by atoms with Crippen LogP contribution < -0.4 is 0 Å². The fraction of sp³-hybridized carbons (Fsp3) is 0.222. The minimum absolute atomic E-state index is 0.115. The maximum absolute atomic E-state index is 11.1. The third kappa shape index (κ3) is 1.87. The summed E-state index contributed by atoms with van der Waals surface area (Å²) in [6.45, 7) is 1.45. The molecule has 1 atom stereocenters. The van der Waals surface area contributed by atoms with E-state index in [0.29, 0.717) is 0 Å². The zero-order valence-electron chi connectivity index (χ0n) is 6.55. The standard InChI is InChI=1S/C9H8BrClO/c1-7(12)9(10,11)8-5-3-2-4-6-8/h2-6H,1H3. The zero-order chi connectivity index (χ0) is 9.19. The summed E-state index contributed by atoms with van der Waals surface area (Å²) in [5, 5.41) is 0. The highest BCUT2D eigenvalue weighted by molar-refractivity contribution is 9.10. The van der Waals surface area contributed by atoms with Crippen LogP contribution in [0.15, 0.2) is 30.3 Å². The van der Waals surface area contributed by atoms with Gasteiger partial charge in [0.15, 0.2) is 9.57 Å². The van der Waals surface area contributed by atoms with E-state index in [1.165, 1.54) is 6.92 Å². The summed E-state index contributed by atoms with van der Waals surface area (Å²) in [7, 11) is 0. The van der Waals surface area contributed by atoms with Crippen LogP contribution in [0.3, 0.4) is 0 Å². The molecule has 0 aliphatic rings. The molecule has 0 saturated carbocycles.